The maximum absolute atomic E-state index is 14.0. The molecule has 0 spiro atoms. The first-order valence-corrected chi connectivity index (χ1v) is 7.47. The van der Waals surface area contributed by atoms with E-state index in [1.165, 1.54) is 30.6 Å². The second-order valence-corrected chi connectivity index (χ2v) is 4.54. The molecule has 0 saturated carbocycles. The van der Waals surface area contributed by atoms with Gasteiger partial charge in [0.05, 0.1) is 16.3 Å². The summed E-state index contributed by atoms with van der Waals surface area (Å²) in [4.78, 5) is 18.7. The van der Waals surface area contributed by atoms with E-state index in [2.05, 4.69) is 9.97 Å². The molecule has 0 unspecified atom stereocenters. The molecule has 6 heteroatoms. The Hall–Kier alpha value is -3.15. The summed E-state index contributed by atoms with van der Waals surface area (Å²) in [5, 5.41) is 10.7. The summed E-state index contributed by atoms with van der Waals surface area (Å²) in [7, 11) is 0. The minimum Gasteiger partial charge on any atom is -0.258 e. The number of nitro groups is 1. The van der Waals surface area contributed by atoms with Crippen molar-refractivity contribution < 1.29 is 9.31 Å². The van der Waals surface area contributed by atoms with Crippen LogP contribution in [0.2, 0.25) is 0 Å². The molecule has 1 aromatic heterocycles. The number of hydrogen-bond acceptors (Lipinski definition) is 4. The van der Waals surface area contributed by atoms with Crippen molar-refractivity contribution in [3.8, 4) is 22.5 Å². The predicted molar refractivity (Wildman–Crippen MR) is 90.9 cm³/mol. The SMILES string of the molecule is CC.O=[N+]([O-])c1ccc(-c2nccnc2-c2ccccc2F)cc1. The molecule has 0 aliphatic heterocycles. The van der Waals surface area contributed by atoms with Gasteiger partial charge in [0.25, 0.3) is 5.69 Å². The van der Waals surface area contributed by atoms with Crippen LogP contribution < -0.4 is 0 Å². The Morgan fingerprint density at radius 2 is 1.50 bits per heavy atom. The summed E-state index contributed by atoms with van der Waals surface area (Å²) >= 11 is 0. The van der Waals surface area contributed by atoms with Gasteiger partial charge in [-0.05, 0) is 24.3 Å². The van der Waals surface area contributed by atoms with Gasteiger partial charge in [-0.2, -0.15) is 0 Å². The fourth-order valence-electron chi connectivity index (χ4n) is 2.14. The van der Waals surface area contributed by atoms with Gasteiger partial charge in [0.1, 0.15) is 5.82 Å². The first kappa shape index (κ1) is 17.2. The lowest BCUT2D eigenvalue weighted by Gasteiger charge is -2.08. The van der Waals surface area contributed by atoms with Crippen LogP contribution in [0, 0.1) is 15.9 Å². The fourth-order valence-corrected chi connectivity index (χ4v) is 2.14. The van der Waals surface area contributed by atoms with Crippen LogP contribution in [-0.2, 0) is 0 Å². The molecule has 0 bridgehead atoms. The number of aromatic nitrogens is 2. The molecule has 24 heavy (non-hydrogen) atoms. The van der Waals surface area contributed by atoms with Gasteiger partial charge in [0.15, 0.2) is 0 Å². The number of nitrogens with zero attached hydrogens (tertiary/aromatic N) is 3. The van der Waals surface area contributed by atoms with Crippen LogP contribution in [0.3, 0.4) is 0 Å². The van der Waals surface area contributed by atoms with Crippen molar-refractivity contribution in [2.24, 2.45) is 0 Å². The monoisotopic (exact) mass is 325 g/mol. The molecule has 122 valence electrons. The number of rotatable bonds is 3. The van der Waals surface area contributed by atoms with Crippen molar-refractivity contribution >= 4 is 5.69 Å². The van der Waals surface area contributed by atoms with E-state index in [1.54, 1.807) is 30.3 Å². The van der Waals surface area contributed by atoms with E-state index in [0.717, 1.165) is 0 Å². The zero-order chi connectivity index (χ0) is 17.5. The highest BCUT2D eigenvalue weighted by molar-refractivity contribution is 5.78. The topological polar surface area (TPSA) is 68.9 Å². The predicted octanol–water partition coefficient (Wildman–Crippen LogP) is 4.88. The standard InChI is InChI=1S/C16H10FN3O2.C2H6/c17-14-4-2-1-3-13(14)16-15(18-9-10-19-16)11-5-7-12(8-6-11)20(21)22;1-2/h1-10H;1-2H3. The van der Waals surface area contributed by atoms with Crippen LogP contribution in [0.15, 0.2) is 60.9 Å². The quantitative estimate of drug-likeness (QED) is 0.508. The van der Waals surface area contributed by atoms with E-state index < -0.39 is 10.7 Å². The summed E-state index contributed by atoms with van der Waals surface area (Å²) in [6, 6.07) is 12.2. The normalized spacial score (nSPS) is 9.79. The highest BCUT2D eigenvalue weighted by Crippen LogP contribution is 2.30. The second-order valence-electron chi connectivity index (χ2n) is 4.54. The van der Waals surface area contributed by atoms with Gasteiger partial charge in [0, 0.05) is 35.7 Å². The molecule has 3 aromatic rings. The third kappa shape index (κ3) is 3.60. The highest BCUT2D eigenvalue weighted by Gasteiger charge is 2.14. The molecule has 2 aromatic carbocycles. The maximum Gasteiger partial charge on any atom is 0.269 e. The van der Waals surface area contributed by atoms with Crippen LogP contribution in [0.5, 0.6) is 0 Å². The third-order valence-electron chi connectivity index (χ3n) is 3.18. The summed E-state index contributed by atoms with van der Waals surface area (Å²) in [5.74, 6) is -0.397. The Labute approximate surface area is 139 Å². The minimum atomic E-state index is -0.474. The van der Waals surface area contributed by atoms with Gasteiger partial charge in [0.2, 0.25) is 0 Å². The van der Waals surface area contributed by atoms with Gasteiger partial charge in [-0.1, -0.05) is 26.0 Å². The lowest BCUT2D eigenvalue weighted by Crippen LogP contribution is -1.95. The Balaban J connectivity index is 0.00000100. The van der Waals surface area contributed by atoms with E-state index in [9.17, 15) is 14.5 Å². The molecule has 0 amide bonds. The molecule has 0 aliphatic carbocycles. The second kappa shape index (κ2) is 7.92. The number of hydrogen-bond donors (Lipinski definition) is 0. The largest absolute Gasteiger partial charge is 0.269 e. The van der Waals surface area contributed by atoms with E-state index in [1.807, 2.05) is 13.8 Å². The van der Waals surface area contributed by atoms with Crippen molar-refractivity contribution in [3.05, 3.63) is 76.9 Å². The van der Waals surface area contributed by atoms with Gasteiger partial charge >= 0.3 is 0 Å². The van der Waals surface area contributed by atoms with Crippen LogP contribution in [0.1, 0.15) is 13.8 Å². The fraction of sp³-hybridized carbons (Fsp3) is 0.111. The van der Waals surface area contributed by atoms with Gasteiger partial charge in [-0.3, -0.25) is 20.1 Å². The molecular weight excluding hydrogens is 309 g/mol. The molecule has 0 atom stereocenters. The molecular formula is C18H16FN3O2. The van der Waals surface area contributed by atoms with Crippen LogP contribution >= 0.6 is 0 Å². The average Bonchev–Trinajstić information content (AvgIpc) is 2.64. The van der Waals surface area contributed by atoms with Crippen molar-refractivity contribution in [2.45, 2.75) is 13.8 Å². The zero-order valence-corrected chi connectivity index (χ0v) is 13.3. The first-order valence-electron chi connectivity index (χ1n) is 7.47. The molecule has 0 N–H and O–H groups in total. The lowest BCUT2D eigenvalue weighted by molar-refractivity contribution is -0.384. The third-order valence-corrected chi connectivity index (χ3v) is 3.18. The van der Waals surface area contributed by atoms with Crippen LogP contribution in [0.4, 0.5) is 10.1 Å². The van der Waals surface area contributed by atoms with Crippen molar-refractivity contribution in [3.63, 3.8) is 0 Å². The van der Waals surface area contributed by atoms with Gasteiger partial charge < -0.3 is 0 Å². The molecule has 0 radical (unpaired) electrons. The number of non-ortho nitro benzene ring substituents is 1. The first-order chi connectivity index (χ1) is 11.7. The summed E-state index contributed by atoms with van der Waals surface area (Å²) in [6.07, 6.45) is 2.98. The molecule has 0 aliphatic rings. The summed E-state index contributed by atoms with van der Waals surface area (Å²) in [6.45, 7) is 4.00. The lowest BCUT2D eigenvalue weighted by atomic mass is 10.0. The summed E-state index contributed by atoms with van der Waals surface area (Å²) < 4.78 is 14.0. The Morgan fingerprint density at radius 3 is 2.08 bits per heavy atom. The molecule has 1 heterocycles. The van der Waals surface area contributed by atoms with Crippen LogP contribution in [0.25, 0.3) is 22.5 Å². The van der Waals surface area contributed by atoms with Gasteiger partial charge in [-0.25, -0.2) is 4.39 Å². The number of benzene rings is 2. The molecule has 0 saturated heterocycles. The van der Waals surface area contributed by atoms with Crippen molar-refractivity contribution in [1.82, 2.24) is 9.97 Å². The molecule has 5 nitrogen and oxygen atoms in total. The number of nitro benzene ring substituents is 1. The average molecular weight is 325 g/mol. The highest BCUT2D eigenvalue weighted by atomic mass is 19.1. The van der Waals surface area contributed by atoms with E-state index in [4.69, 9.17) is 0 Å². The van der Waals surface area contributed by atoms with E-state index in [-0.39, 0.29) is 5.69 Å². The van der Waals surface area contributed by atoms with Gasteiger partial charge in [-0.15, -0.1) is 0 Å². The Bertz CT molecular complexity index is 836. The molecule has 0 fully saturated rings. The van der Waals surface area contributed by atoms with Crippen molar-refractivity contribution in [1.29, 1.82) is 0 Å². The Morgan fingerprint density at radius 1 is 0.917 bits per heavy atom. The summed E-state index contributed by atoms with van der Waals surface area (Å²) in [5.41, 5.74) is 1.83. The number of halogens is 1. The molecule has 3 rings (SSSR count). The maximum atomic E-state index is 14.0. The zero-order valence-electron chi connectivity index (χ0n) is 13.3. The minimum absolute atomic E-state index is 0.0138. The van der Waals surface area contributed by atoms with Crippen LogP contribution in [-0.4, -0.2) is 14.9 Å². The van der Waals surface area contributed by atoms with Crippen molar-refractivity contribution in [2.75, 3.05) is 0 Å². The smallest absolute Gasteiger partial charge is 0.258 e. The van der Waals surface area contributed by atoms with E-state index >= 15 is 0 Å². The Kier molecular flexibility index (Phi) is 5.68. The van der Waals surface area contributed by atoms with E-state index in [0.29, 0.717) is 22.5 Å².